The van der Waals surface area contributed by atoms with Crippen molar-refractivity contribution in [1.82, 2.24) is 0 Å². The second-order valence-corrected chi connectivity index (χ2v) is 4.02. The van der Waals surface area contributed by atoms with Crippen molar-refractivity contribution in [3.05, 3.63) is 23.9 Å². The van der Waals surface area contributed by atoms with E-state index in [4.69, 9.17) is 10.5 Å². The molecule has 72 valence electrons. The Morgan fingerprint density at radius 1 is 1.38 bits per heavy atom. The number of rotatable bonds is 1. The molecule has 2 rings (SSSR count). The first-order valence-corrected chi connectivity index (χ1v) is 4.98. The van der Waals surface area contributed by atoms with E-state index in [0.29, 0.717) is 17.9 Å². The quantitative estimate of drug-likeness (QED) is 0.666. The molecule has 2 nitrogen and oxygen atoms in total. The van der Waals surface area contributed by atoms with E-state index in [9.17, 15) is 0 Å². The SMILES string of the molecule is COC1CCC2C=CC(N)=CC2C1. The predicted octanol–water partition coefficient (Wildman–Crippen LogP) is 1.83. The Bertz CT molecular complexity index is 244. The van der Waals surface area contributed by atoms with Gasteiger partial charge < -0.3 is 10.5 Å². The molecule has 2 heteroatoms. The van der Waals surface area contributed by atoms with Crippen LogP contribution in [0.5, 0.6) is 0 Å². The molecule has 0 spiro atoms. The minimum atomic E-state index is 0.441. The summed E-state index contributed by atoms with van der Waals surface area (Å²) in [6, 6.07) is 0. The van der Waals surface area contributed by atoms with Crippen molar-refractivity contribution in [2.45, 2.75) is 25.4 Å². The van der Waals surface area contributed by atoms with Gasteiger partial charge in [0.2, 0.25) is 0 Å². The van der Waals surface area contributed by atoms with Crippen molar-refractivity contribution in [2.75, 3.05) is 7.11 Å². The summed E-state index contributed by atoms with van der Waals surface area (Å²) >= 11 is 0. The molecule has 0 bridgehead atoms. The molecule has 1 fully saturated rings. The van der Waals surface area contributed by atoms with Gasteiger partial charge in [-0.2, -0.15) is 0 Å². The molecule has 2 aliphatic carbocycles. The van der Waals surface area contributed by atoms with Crippen molar-refractivity contribution >= 4 is 0 Å². The summed E-state index contributed by atoms with van der Waals surface area (Å²) < 4.78 is 5.38. The van der Waals surface area contributed by atoms with Gasteiger partial charge in [-0.3, -0.25) is 0 Å². The second kappa shape index (κ2) is 3.54. The molecule has 2 N–H and O–H groups in total. The lowest BCUT2D eigenvalue weighted by atomic mass is 9.75. The average molecular weight is 179 g/mol. The lowest BCUT2D eigenvalue weighted by molar-refractivity contribution is 0.0471. The average Bonchev–Trinajstić information content (AvgIpc) is 2.16. The van der Waals surface area contributed by atoms with Crippen molar-refractivity contribution in [3.63, 3.8) is 0 Å². The number of methoxy groups -OCH3 is 1. The number of fused-ring (bicyclic) bond motifs is 1. The third kappa shape index (κ3) is 1.78. The van der Waals surface area contributed by atoms with Crippen molar-refractivity contribution in [3.8, 4) is 0 Å². The smallest absolute Gasteiger partial charge is 0.0577 e. The van der Waals surface area contributed by atoms with Crippen LogP contribution in [0.25, 0.3) is 0 Å². The monoisotopic (exact) mass is 179 g/mol. The van der Waals surface area contributed by atoms with E-state index >= 15 is 0 Å². The maximum Gasteiger partial charge on any atom is 0.0577 e. The van der Waals surface area contributed by atoms with Gasteiger partial charge in [0.15, 0.2) is 0 Å². The molecule has 3 atom stereocenters. The molecule has 0 aliphatic heterocycles. The highest BCUT2D eigenvalue weighted by molar-refractivity contribution is 5.23. The van der Waals surface area contributed by atoms with E-state index in [1.54, 1.807) is 7.11 Å². The minimum absolute atomic E-state index is 0.441. The Kier molecular flexibility index (Phi) is 2.40. The van der Waals surface area contributed by atoms with E-state index in [1.165, 1.54) is 12.8 Å². The summed E-state index contributed by atoms with van der Waals surface area (Å²) in [4.78, 5) is 0. The zero-order valence-electron chi connectivity index (χ0n) is 8.07. The number of hydrogen-bond acceptors (Lipinski definition) is 2. The lowest BCUT2D eigenvalue weighted by Gasteiger charge is -2.34. The van der Waals surface area contributed by atoms with Crippen LogP contribution in [-0.2, 0) is 4.74 Å². The van der Waals surface area contributed by atoms with Gasteiger partial charge in [0.1, 0.15) is 0 Å². The van der Waals surface area contributed by atoms with Crippen molar-refractivity contribution in [1.29, 1.82) is 0 Å². The van der Waals surface area contributed by atoms with Crippen molar-refractivity contribution < 1.29 is 4.74 Å². The van der Waals surface area contributed by atoms with Crippen molar-refractivity contribution in [2.24, 2.45) is 17.6 Å². The number of nitrogens with two attached hydrogens (primary N) is 1. The summed E-state index contributed by atoms with van der Waals surface area (Å²) in [6.07, 6.45) is 10.5. The molecule has 0 aromatic rings. The number of hydrogen-bond donors (Lipinski definition) is 1. The molecule has 0 amide bonds. The van der Waals surface area contributed by atoms with Gasteiger partial charge in [-0.15, -0.1) is 0 Å². The topological polar surface area (TPSA) is 35.2 Å². The summed E-state index contributed by atoms with van der Waals surface area (Å²) in [7, 11) is 1.80. The van der Waals surface area contributed by atoms with Crippen LogP contribution in [0.3, 0.4) is 0 Å². The van der Waals surface area contributed by atoms with Gasteiger partial charge in [0.05, 0.1) is 6.10 Å². The Morgan fingerprint density at radius 3 is 3.00 bits per heavy atom. The molecule has 0 saturated heterocycles. The van der Waals surface area contributed by atoms with Gasteiger partial charge in [-0.05, 0) is 37.2 Å². The van der Waals surface area contributed by atoms with Crippen LogP contribution >= 0.6 is 0 Å². The highest BCUT2D eigenvalue weighted by atomic mass is 16.5. The first kappa shape index (κ1) is 8.82. The predicted molar refractivity (Wildman–Crippen MR) is 53.0 cm³/mol. The standard InChI is InChI=1S/C11H17NO/c1-13-11-5-3-8-2-4-10(12)6-9(8)7-11/h2,4,6,8-9,11H,3,5,7,12H2,1H3. The Labute approximate surface area is 79.5 Å². The maximum absolute atomic E-state index is 5.76. The van der Waals surface area contributed by atoms with Crippen LogP contribution in [0.2, 0.25) is 0 Å². The molecule has 2 aliphatic rings. The Hall–Kier alpha value is -0.760. The molecule has 1 saturated carbocycles. The third-order valence-electron chi connectivity index (χ3n) is 3.18. The van der Waals surface area contributed by atoms with Crippen LogP contribution in [0.15, 0.2) is 23.9 Å². The van der Waals surface area contributed by atoms with Crippen LogP contribution in [0.1, 0.15) is 19.3 Å². The molecule has 3 unspecified atom stereocenters. The summed E-state index contributed by atoms with van der Waals surface area (Å²) in [5.74, 6) is 1.32. The molecule has 0 heterocycles. The number of ether oxygens (including phenoxy) is 1. The lowest BCUT2D eigenvalue weighted by Crippen LogP contribution is -2.29. The van der Waals surface area contributed by atoms with Gasteiger partial charge in [-0.1, -0.05) is 12.2 Å². The van der Waals surface area contributed by atoms with E-state index < -0.39 is 0 Å². The molecular formula is C11H17NO. The first-order chi connectivity index (χ1) is 6.29. The summed E-state index contributed by atoms with van der Waals surface area (Å²) in [6.45, 7) is 0. The summed E-state index contributed by atoms with van der Waals surface area (Å²) in [5.41, 5.74) is 6.68. The highest BCUT2D eigenvalue weighted by Crippen LogP contribution is 2.35. The molecule has 0 aromatic carbocycles. The van der Waals surface area contributed by atoms with Gasteiger partial charge in [0, 0.05) is 12.8 Å². The normalized spacial score (nSPS) is 38.2. The van der Waals surface area contributed by atoms with Gasteiger partial charge in [0.25, 0.3) is 0 Å². The van der Waals surface area contributed by atoms with Crippen LogP contribution in [0, 0.1) is 11.8 Å². The minimum Gasteiger partial charge on any atom is -0.399 e. The van der Waals surface area contributed by atoms with E-state index in [2.05, 4.69) is 12.2 Å². The molecule has 0 aromatic heterocycles. The fraction of sp³-hybridized carbons (Fsp3) is 0.636. The van der Waals surface area contributed by atoms with E-state index in [0.717, 1.165) is 12.1 Å². The number of allylic oxidation sites excluding steroid dienone is 3. The zero-order valence-corrected chi connectivity index (χ0v) is 8.07. The van der Waals surface area contributed by atoms with Crippen LogP contribution < -0.4 is 5.73 Å². The molecule has 0 radical (unpaired) electrons. The fourth-order valence-electron chi connectivity index (χ4n) is 2.37. The summed E-state index contributed by atoms with van der Waals surface area (Å²) in [5, 5.41) is 0. The zero-order chi connectivity index (χ0) is 9.26. The van der Waals surface area contributed by atoms with Crippen LogP contribution in [-0.4, -0.2) is 13.2 Å². The third-order valence-corrected chi connectivity index (χ3v) is 3.18. The van der Waals surface area contributed by atoms with Gasteiger partial charge in [-0.25, -0.2) is 0 Å². The highest BCUT2D eigenvalue weighted by Gasteiger charge is 2.28. The molecular weight excluding hydrogens is 162 g/mol. The Morgan fingerprint density at radius 2 is 2.23 bits per heavy atom. The fourth-order valence-corrected chi connectivity index (χ4v) is 2.37. The second-order valence-electron chi connectivity index (χ2n) is 4.02. The first-order valence-electron chi connectivity index (χ1n) is 4.98. The van der Waals surface area contributed by atoms with E-state index in [1.807, 2.05) is 6.08 Å². The maximum atomic E-state index is 5.76. The largest absolute Gasteiger partial charge is 0.399 e. The van der Waals surface area contributed by atoms with E-state index in [-0.39, 0.29) is 0 Å². The van der Waals surface area contributed by atoms with Gasteiger partial charge >= 0.3 is 0 Å². The van der Waals surface area contributed by atoms with Crippen LogP contribution in [0.4, 0.5) is 0 Å². The molecule has 13 heavy (non-hydrogen) atoms. The Balaban J connectivity index is 2.05.